The zero-order valence-electron chi connectivity index (χ0n) is 9.35. The van der Waals surface area contributed by atoms with Gasteiger partial charge >= 0.3 is 5.97 Å². The Morgan fingerprint density at radius 1 is 1.75 bits per heavy atom. The van der Waals surface area contributed by atoms with E-state index in [4.69, 9.17) is 9.52 Å². The van der Waals surface area contributed by atoms with Crippen LogP contribution in [0.15, 0.2) is 10.6 Å². The maximum absolute atomic E-state index is 10.5. The number of carbonyl (C=O) groups is 1. The molecule has 1 atom stereocenters. The maximum atomic E-state index is 10.5. The van der Waals surface area contributed by atoms with Crippen LogP contribution in [0.25, 0.3) is 0 Å². The zero-order chi connectivity index (χ0) is 11.5. The van der Waals surface area contributed by atoms with Crippen molar-refractivity contribution in [3.05, 3.63) is 17.8 Å². The SMILES string of the molecule is CN1CCCC(c2ncc(CC(=O)O)o2)C1. The number of likely N-dealkylation sites (tertiary alicyclic amines) is 1. The highest BCUT2D eigenvalue weighted by atomic mass is 16.4. The van der Waals surface area contributed by atoms with E-state index in [-0.39, 0.29) is 6.42 Å². The monoisotopic (exact) mass is 224 g/mol. The summed E-state index contributed by atoms with van der Waals surface area (Å²) >= 11 is 0. The topological polar surface area (TPSA) is 66.6 Å². The first kappa shape index (κ1) is 11.1. The number of carboxylic acids is 1. The van der Waals surface area contributed by atoms with Crippen LogP contribution in [0.5, 0.6) is 0 Å². The van der Waals surface area contributed by atoms with E-state index in [2.05, 4.69) is 16.9 Å². The van der Waals surface area contributed by atoms with Crippen molar-refractivity contribution >= 4 is 5.97 Å². The van der Waals surface area contributed by atoms with E-state index >= 15 is 0 Å². The average molecular weight is 224 g/mol. The van der Waals surface area contributed by atoms with E-state index in [9.17, 15) is 4.79 Å². The third-order valence-electron chi connectivity index (χ3n) is 2.87. The molecule has 1 aliphatic rings. The summed E-state index contributed by atoms with van der Waals surface area (Å²) in [5.41, 5.74) is 0. The quantitative estimate of drug-likeness (QED) is 0.833. The van der Waals surface area contributed by atoms with Crippen LogP contribution >= 0.6 is 0 Å². The molecule has 0 spiro atoms. The van der Waals surface area contributed by atoms with E-state index < -0.39 is 5.97 Å². The van der Waals surface area contributed by atoms with E-state index in [0.29, 0.717) is 17.6 Å². The highest BCUT2D eigenvalue weighted by Gasteiger charge is 2.23. The van der Waals surface area contributed by atoms with Crippen LogP contribution in [0.2, 0.25) is 0 Å². The fourth-order valence-corrected chi connectivity index (χ4v) is 2.11. The lowest BCUT2D eigenvalue weighted by Crippen LogP contribution is -2.30. The van der Waals surface area contributed by atoms with Gasteiger partial charge in [-0.05, 0) is 26.4 Å². The van der Waals surface area contributed by atoms with Crippen molar-refractivity contribution in [2.75, 3.05) is 20.1 Å². The van der Waals surface area contributed by atoms with Crippen molar-refractivity contribution in [1.82, 2.24) is 9.88 Å². The molecule has 1 unspecified atom stereocenters. The summed E-state index contributed by atoms with van der Waals surface area (Å²) < 4.78 is 5.46. The average Bonchev–Trinajstić information content (AvgIpc) is 2.65. The molecular formula is C11H16N2O3. The van der Waals surface area contributed by atoms with Gasteiger partial charge in [-0.1, -0.05) is 0 Å². The molecule has 0 bridgehead atoms. The Kier molecular flexibility index (Phi) is 3.24. The fraction of sp³-hybridized carbons (Fsp3) is 0.636. The first-order chi connectivity index (χ1) is 7.65. The number of aliphatic carboxylic acids is 1. The predicted octanol–water partition coefficient (Wildman–Crippen LogP) is 1.11. The van der Waals surface area contributed by atoms with E-state index in [1.807, 2.05) is 0 Å². The van der Waals surface area contributed by atoms with E-state index in [1.54, 1.807) is 0 Å². The third-order valence-corrected chi connectivity index (χ3v) is 2.87. The Labute approximate surface area is 94.1 Å². The summed E-state index contributed by atoms with van der Waals surface area (Å²) in [7, 11) is 2.08. The normalized spacial score (nSPS) is 22.2. The second-order valence-electron chi connectivity index (χ2n) is 4.34. The Morgan fingerprint density at radius 3 is 3.25 bits per heavy atom. The van der Waals surface area contributed by atoms with Crippen molar-refractivity contribution in [2.45, 2.75) is 25.2 Å². The number of aromatic nitrogens is 1. The van der Waals surface area contributed by atoms with Crippen LogP contribution in [0.4, 0.5) is 0 Å². The predicted molar refractivity (Wildman–Crippen MR) is 57.3 cm³/mol. The van der Waals surface area contributed by atoms with Gasteiger partial charge in [0.15, 0.2) is 5.89 Å². The molecule has 0 radical (unpaired) electrons. The largest absolute Gasteiger partial charge is 0.481 e. The number of oxazole rings is 1. The number of hydrogen-bond donors (Lipinski definition) is 1. The number of hydrogen-bond acceptors (Lipinski definition) is 4. The van der Waals surface area contributed by atoms with Crippen LogP contribution in [0, 0.1) is 0 Å². The Bertz CT molecular complexity index is 375. The maximum Gasteiger partial charge on any atom is 0.311 e. The van der Waals surface area contributed by atoms with Gasteiger partial charge in [0.25, 0.3) is 0 Å². The van der Waals surface area contributed by atoms with Crippen molar-refractivity contribution in [2.24, 2.45) is 0 Å². The molecule has 2 heterocycles. The van der Waals surface area contributed by atoms with Crippen LogP contribution in [-0.2, 0) is 11.2 Å². The highest BCUT2D eigenvalue weighted by Crippen LogP contribution is 2.25. The first-order valence-corrected chi connectivity index (χ1v) is 5.50. The zero-order valence-corrected chi connectivity index (χ0v) is 9.35. The molecule has 0 amide bonds. The molecule has 16 heavy (non-hydrogen) atoms. The lowest BCUT2D eigenvalue weighted by Gasteiger charge is -2.27. The Hall–Kier alpha value is -1.36. The summed E-state index contributed by atoms with van der Waals surface area (Å²) in [5.74, 6) is 0.545. The van der Waals surface area contributed by atoms with Gasteiger partial charge < -0.3 is 14.4 Å². The highest BCUT2D eigenvalue weighted by molar-refractivity contribution is 5.69. The minimum absolute atomic E-state index is 0.0877. The summed E-state index contributed by atoms with van der Waals surface area (Å²) in [6.07, 6.45) is 3.64. The Morgan fingerprint density at radius 2 is 2.56 bits per heavy atom. The van der Waals surface area contributed by atoms with Gasteiger partial charge in [-0.25, -0.2) is 4.98 Å². The number of carboxylic acid groups (broad SMARTS) is 1. The third kappa shape index (κ3) is 2.61. The molecular weight excluding hydrogens is 208 g/mol. The Balaban J connectivity index is 2.03. The molecule has 2 rings (SSSR count). The van der Waals surface area contributed by atoms with Crippen molar-refractivity contribution in [3.63, 3.8) is 0 Å². The number of rotatable bonds is 3. The smallest absolute Gasteiger partial charge is 0.311 e. The summed E-state index contributed by atoms with van der Waals surface area (Å²) in [5, 5.41) is 8.63. The molecule has 88 valence electrons. The lowest BCUT2D eigenvalue weighted by atomic mass is 9.99. The molecule has 1 N–H and O–H groups in total. The molecule has 0 aromatic carbocycles. The fourth-order valence-electron chi connectivity index (χ4n) is 2.11. The molecule has 5 heteroatoms. The van der Waals surface area contributed by atoms with Crippen LogP contribution in [-0.4, -0.2) is 41.1 Å². The van der Waals surface area contributed by atoms with E-state index in [1.165, 1.54) is 6.20 Å². The van der Waals surface area contributed by atoms with Gasteiger partial charge in [-0.2, -0.15) is 0 Å². The van der Waals surface area contributed by atoms with Crippen LogP contribution < -0.4 is 0 Å². The van der Waals surface area contributed by atoms with Gasteiger partial charge in [-0.3, -0.25) is 4.79 Å². The second-order valence-corrected chi connectivity index (χ2v) is 4.34. The van der Waals surface area contributed by atoms with Crippen LogP contribution in [0.1, 0.15) is 30.4 Å². The number of nitrogens with zero attached hydrogens (tertiary/aromatic N) is 2. The van der Waals surface area contributed by atoms with E-state index in [0.717, 1.165) is 25.9 Å². The van der Waals surface area contributed by atoms with Gasteiger partial charge in [-0.15, -0.1) is 0 Å². The van der Waals surface area contributed by atoms with Gasteiger partial charge in [0.05, 0.1) is 6.20 Å². The molecule has 1 aromatic rings. The molecule has 0 saturated carbocycles. The summed E-state index contributed by atoms with van der Waals surface area (Å²) in [4.78, 5) is 16.9. The van der Waals surface area contributed by atoms with Gasteiger partial charge in [0.2, 0.25) is 0 Å². The van der Waals surface area contributed by atoms with Crippen molar-refractivity contribution in [3.8, 4) is 0 Å². The summed E-state index contributed by atoms with van der Waals surface area (Å²) in [6, 6.07) is 0. The van der Waals surface area contributed by atoms with Gasteiger partial charge in [0, 0.05) is 12.5 Å². The van der Waals surface area contributed by atoms with Crippen molar-refractivity contribution in [1.29, 1.82) is 0 Å². The van der Waals surface area contributed by atoms with Crippen molar-refractivity contribution < 1.29 is 14.3 Å². The molecule has 5 nitrogen and oxygen atoms in total. The first-order valence-electron chi connectivity index (χ1n) is 5.50. The molecule has 1 saturated heterocycles. The molecule has 1 aromatic heterocycles. The van der Waals surface area contributed by atoms with Crippen LogP contribution in [0.3, 0.4) is 0 Å². The minimum Gasteiger partial charge on any atom is -0.481 e. The molecule has 1 aliphatic heterocycles. The van der Waals surface area contributed by atoms with Gasteiger partial charge in [0.1, 0.15) is 12.2 Å². The standard InChI is InChI=1S/C11H16N2O3/c1-13-4-2-3-8(7-13)11-12-6-9(16-11)5-10(14)15/h6,8H,2-5,7H2,1H3,(H,14,15). The lowest BCUT2D eigenvalue weighted by molar-refractivity contribution is -0.136. The number of likely N-dealkylation sites (N-methyl/N-ethyl adjacent to an activating group) is 1. The number of piperidine rings is 1. The second kappa shape index (κ2) is 4.65. The minimum atomic E-state index is -0.886. The summed E-state index contributed by atoms with van der Waals surface area (Å²) in [6.45, 7) is 2.05. The molecule has 0 aliphatic carbocycles. The molecule has 1 fully saturated rings.